The van der Waals surface area contributed by atoms with Crippen LogP contribution in [0.3, 0.4) is 0 Å². The molecule has 0 N–H and O–H groups in total. The molecule has 182 valence electrons. The van der Waals surface area contributed by atoms with Crippen molar-refractivity contribution in [2.75, 3.05) is 0 Å². The minimum atomic E-state index is 0.656. The molecule has 7 rings (SSSR count). The number of hydrogen-bond acceptors (Lipinski definition) is 4. The molecule has 0 aliphatic carbocycles. The second kappa shape index (κ2) is 9.37. The lowest BCUT2D eigenvalue weighted by Gasteiger charge is -2.10. The van der Waals surface area contributed by atoms with Crippen molar-refractivity contribution in [2.24, 2.45) is 0 Å². The predicted octanol–water partition coefficient (Wildman–Crippen LogP) is 7.84. The number of hydrogen-bond donors (Lipinski definition) is 0. The van der Waals surface area contributed by atoms with Crippen molar-refractivity contribution in [2.45, 2.75) is 0 Å². The van der Waals surface area contributed by atoms with Gasteiger partial charge in [0.2, 0.25) is 0 Å². The highest BCUT2D eigenvalue weighted by atomic mass is 15.1. The van der Waals surface area contributed by atoms with Crippen LogP contribution in [0.5, 0.6) is 0 Å². The molecular weight excluding hydrogens is 478 g/mol. The molecular formula is C34H21N5. The van der Waals surface area contributed by atoms with Crippen LogP contribution in [0.15, 0.2) is 128 Å². The maximum Gasteiger partial charge on any atom is 0.138 e. The van der Waals surface area contributed by atoms with Crippen molar-refractivity contribution in [3.05, 3.63) is 133 Å². The van der Waals surface area contributed by atoms with Crippen molar-refractivity contribution < 1.29 is 0 Å². The minimum Gasteiger partial charge on any atom is -0.292 e. The summed E-state index contributed by atoms with van der Waals surface area (Å²) in [6.45, 7) is 0. The van der Waals surface area contributed by atoms with E-state index in [1.54, 1.807) is 0 Å². The summed E-state index contributed by atoms with van der Waals surface area (Å²) in [6.07, 6.45) is 3.72. The van der Waals surface area contributed by atoms with E-state index >= 15 is 0 Å². The smallest absolute Gasteiger partial charge is 0.138 e. The number of pyridine rings is 3. The predicted molar refractivity (Wildman–Crippen MR) is 155 cm³/mol. The normalized spacial score (nSPS) is 11.1. The Hall–Kier alpha value is -5.60. The quantitative estimate of drug-likeness (QED) is 0.247. The second-order valence-corrected chi connectivity index (χ2v) is 9.30. The molecule has 0 spiro atoms. The van der Waals surface area contributed by atoms with E-state index in [-0.39, 0.29) is 0 Å². The van der Waals surface area contributed by atoms with E-state index in [0.717, 1.165) is 56.0 Å². The van der Waals surface area contributed by atoms with Gasteiger partial charge in [0, 0.05) is 22.5 Å². The Morgan fingerprint density at radius 1 is 0.538 bits per heavy atom. The number of aromatic nitrogens is 4. The Kier molecular flexibility index (Phi) is 5.42. The van der Waals surface area contributed by atoms with Gasteiger partial charge in [0.25, 0.3) is 0 Å². The molecule has 0 fully saturated rings. The van der Waals surface area contributed by atoms with Gasteiger partial charge in [-0.1, -0.05) is 66.7 Å². The SMILES string of the molecule is N#Cc1ccc(-c2ccc(-c3cccc(-c4cccc(-n5c6ccccc6c6ccncc65)n4)n3)cc2)cc1. The third-order valence-corrected chi connectivity index (χ3v) is 6.98. The van der Waals surface area contributed by atoms with E-state index in [1.807, 2.05) is 79.1 Å². The average molecular weight is 500 g/mol. The monoisotopic (exact) mass is 499 g/mol. The lowest BCUT2D eigenvalue weighted by Crippen LogP contribution is -1.99. The molecule has 4 aromatic heterocycles. The largest absolute Gasteiger partial charge is 0.292 e. The summed E-state index contributed by atoms with van der Waals surface area (Å²) in [4.78, 5) is 14.4. The number of nitriles is 1. The lowest BCUT2D eigenvalue weighted by molar-refractivity contribution is 1.07. The Labute approximate surface area is 225 Å². The van der Waals surface area contributed by atoms with Crippen molar-refractivity contribution in [3.63, 3.8) is 0 Å². The first-order chi connectivity index (χ1) is 19.3. The van der Waals surface area contributed by atoms with E-state index in [0.29, 0.717) is 5.56 Å². The van der Waals surface area contributed by atoms with E-state index in [9.17, 15) is 0 Å². The summed E-state index contributed by atoms with van der Waals surface area (Å²) in [7, 11) is 0. The number of para-hydroxylation sites is 1. The Morgan fingerprint density at radius 2 is 1.18 bits per heavy atom. The Bertz CT molecular complexity index is 1960. The molecule has 39 heavy (non-hydrogen) atoms. The average Bonchev–Trinajstić information content (AvgIpc) is 3.36. The van der Waals surface area contributed by atoms with Gasteiger partial charge in [-0.05, 0) is 59.7 Å². The third kappa shape index (κ3) is 4.01. The molecule has 0 saturated heterocycles. The molecule has 0 saturated carbocycles. The van der Waals surface area contributed by atoms with Crippen LogP contribution in [0.2, 0.25) is 0 Å². The first kappa shape index (κ1) is 22.6. The summed E-state index contributed by atoms with van der Waals surface area (Å²) in [5.74, 6) is 0.825. The zero-order valence-corrected chi connectivity index (χ0v) is 20.9. The van der Waals surface area contributed by atoms with Crippen molar-refractivity contribution in [1.29, 1.82) is 5.26 Å². The van der Waals surface area contributed by atoms with Gasteiger partial charge in [-0.2, -0.15) is 5.26 Å². The molecule has 0 unspecified atom stereocenters. The van der Waals surface area contributed by atoms with Crippen LogP contribution in [0, 0.1) is 11.3 Å². The van der Waals surface area contributed by atoms with Crippen molar-refractivity contribution in [1.82, 2.24) is 19.5 Å². The first-order valence-corrected chi connectivity index (χ1v) is 12.7. The summed E-state index contributed by atoms with van der Waals surface area (Å²) in [6, 6.07) is 40.6. The van der Waals surface area contributed by atoms with Gasteiger partial charge >= 0.3 is 0 Å². The van der Waals surface area contributed by atoms with Crippen LogP contribution in [0.1, 0.15) is 5.56 Å². The number of nitrogens with zero attached hydrogens (tertiary/aromatic N) is 5. The molecule has 3 aromatic carbocycles. The molecule has 0 amide bonds. The van der Waals surface area contributed by atoms with Crippen LogP contribution >= 0.6 is 0 Å². The molecule has 0 aliphatic rings. The van der Waals surface area contributed by atoms with Crippen molar-refractivity contribution >= 4 is 21.8 Å². The fraction of sp³-hybridized carbons (Fsp3) is 0. The van der Waals surface area contributed by atoms with Gasteiger partial charge in [0.05, 0.1) is 45.9 Å². The molecule has 4 heterocycles. The fourth-order valence-corrected chi connectivity index (χ4v) is 5.06. The molecule has 0 aliphatic heterocycles. The summed E-state index contributed by atoms with van der Waals surface area (Å²) in [5, 5.41) is 11.4. The first-order valence-electron chi connectivity index (χ1n) is 12.7. The van der Waals surface area contributed by atoms with Gasteiger partial charge in [-0.25, -0.2) is 9.97 Å². The van der Waals surface area contributed by atoms with E-state index in [1.165, 1.54) is 5.39 Å². The number of rotatable bonds is 4. The molecule has 7 aromatic rings. The third-order valence-electron chi connectivity index (χ3n) is 6.98. The molecule has 0 radical (unpaired) electrons. The fourth-order valence-electron chi connectivity index (χ4n) is 5.06. The summed E-state index contributed by atoms with van der Waals surface area (Å²) >= 11 is 0. The Balaban J connectivity index is 1.25. The zero-order valence-electron chi connectivity index (χ0n) is 20.9. The van der Waals surface area contributed by atoms with Crippen LogP contribution in [0.4, 0.5) is 0 Å². The highest BCUT2D eigenvalue weighted by Gasteiger charge is 2.14. The number of benzene rings is 3. The summed E-state index contributed by atoms with van der Waals surface area (Å²) < 4.78 is 2.16. The van der Waals surface area contributed by atoms with Crippen molar-refractivity contribution in [3.8, 4) is 45.7 Å². The highest BCUT2D eigenvalue weighted by Crippen LogP contribution is 2.31. The standard InChI is InChI=1S/C34H21N5/c35-21-23-11-13-24(14-12-23)25-15-17-26(18-16-25)29-6-3-7-30(37-29)31-8-4-10-34(38-31)39-32-9-2-1-5-27(32)28-19-20-36-22-33(28)39/h1-20,22H. The van der Waals surface area contributed by atoms with E-state index < -0.39 is 0 Å². The maximum absolute atomic E-state index is 9.05. The van der Waals surface area contributed by atoms with Gasteiger partial charge in [0.1, 0.15) is 5.82 Å². The molecule has 0 atom stereocenters. The number of fused-ring (bicyclic) bond motifs is 3. The van der Waals surface area contributed by atoms with Crippen LogP contribution < -0.4 is 0 Å². The van der Waals surface area contributed by atoms with Crippen LogP contribution in [0.25, 0.3) is 61.4 Å². The molecule has 0 bridgehead atoms. The lowest BCUT2D eigenvalue weighted by atomic mass is 10.0. The highest BCUT2D eigenvalue weighted by molar-refractivity contribution is 6.08. The van der Waals surface area contributed by atoms with Crippen LogP contribution in [-0.2, 0) is 0 Å². The maximum atomic E-state index is 9.05. The molecule has 5 nitrogen and oxygen atoms in total. The topological polar surface area (TPSA) is 67.4 Å². The van der Waals surface area contributed by atoms with E-state index in [4.69, 9.17) is 15.2 Å². The van der Waals surface area contributed by atoms with Gasteiger partial charge in [-0.15, -0.1) is 0 Å². The van der Waals surface area contributed by atoms with Crippen LogP contribution in [-0.4, -0.2) is 19.5 Å². The van der Waals surface area contributed by atoms with Gasteiger partial charge < -0.3 is 0 Å². The van der Waals surface area contributed by atoms with E-state index in [2.05, 4.69) is 64.2 Å². The molecule has 5 heteroatoms. The Morgan fingerprint density at radius 3 is 1.97 bits per heavy atom. The summed E-state index contributed by atoms with van der Waals surface area (Å²) in [5.41, 5.74) is 8.46. The minimum absolute atomic E-state index is 0.656. The van der Waals surface area contributed by atoms with Gasteiger partial charge in [0.15, 0.2) is 0 Å². The zero-order chi connectivity index (χ0) is 26.2. The second-order valence-electron chi connectivity index (χ2n) is 9.30. The van der Waals surface area contributed by atoms with Gasteiger partial charge in [-0.3, -0.25) is 9.55 Å².